The molecule has 0 radical (unpaired) electrons. The van der Waals surface area contributed by atoms with Crippen molar-refractivity contribution in [1.29, 1.82) is 0 Å². The molecule has 1 atom stereocenters. The van der Waals surface area contributed by atoms with Gasteiger partial charge in [-0.1, -0.05) is 0 Å². The number of unbranched alkanes of at least 4 members (excludes halogenated alkanes) is 1. The number of aliphatic hydroxyl groups is 1. The van der Waals surface area contributed by atoms with Crippen LogP contribution in [0.4, 0.5) is 0 Å². The van der Waals surface area contributed by atoms with Gasteiger partial charge in [-0.2, -0.15) is 0 Å². The summed E-state index contributed by atoms with van der Waals surface area (Å²) in [5.74, 6) is 0.913. The second-order valence-corrected chi connectivity index (χ2v) is 4.48. The smallest absolute Gasteiger partial charge is 0.150 e. The average molecular weight is 234 g/mol. The molecule has 0 spiro atoms. The minimum absolute atomic E-state index is 0.256. The number of ether oxygens (including phenoxy) is 1. The molecule has 1 aromatic rings. The van der Waals surface area contributed by atoms with E-state index >= 15 is 0 Å². The van der Waals surface area contributed by atoms with Crippen molar-refractivity contribution < 1.29 is 14.6 Å². The Morgan fingerprint density at radius 3 is 3.06 bits per heavy atom. The summed E-state index contributed by atoms with van der Waals surface area (Å²) in [6.07, 6.45) is 5.95. The van der Waals surface area contributed by atoms with E-state index in [2.05, 4.69) is 0 Å². The Hall–Kier alpha value is -1.35. The third kappa shape index (κ3) is 3.07. The van der Waals surface area contributed by atoms with E-state index < -0.39 is 0 Å². The molecular formula is C14H18O3. The molecule has 0 aromatic heterocycles. The van der Waals surface area contributed by atoms with Gasteiger partial charge in [-0.15, -0.1) is 0 Å². The number of hydrogen-bond acceptors (Lipinski definition) is 3. The highest BCUT2D eigenvalue weighted by molar-refractivity contribution is 5.75. The Morgan fingerprint density at radius 2 is 2.29 bits per heavy atom. The van der Waals surface area contributed by atoms with Crippen LogP contribution in [0.15, 0.2) is 18.2 Å². The van der Waals surface area contributed by atoms with E-state index in [1.807, 2.05) is 12.1 Å². The van der Waals surface area contributed by atoms with E-state index in [1.54, 1.807) is 6.07 Å². The first-order chi connectivity index (χ1) is 8.33. The Morgan fingerprint density at radius 1 is 1.41 bits per heavy atom. The van der Waals surface area contributed by atoms with Crippen molar-refractivity contribution in [2.75, 3.05) is 6.61 Å². The molecule has 0 amide bonds. The number of aryl methyl sites for hydroxylation is 1. The molecule has 1 aromatic carbocycles. The third-order valence-corrected chi connectivity index (χ3v) is 3.18. The lowest BCUT2D eigenvalue weighted by Gasteiger charge is -2.26. The first-order valence-electron chi connectivity index (χ1n) is 6.19. The van der Waals surface area contributed by atoms with Crippen molar-refractivity contribution in [3.05, 3.63) is 29.3 Å². The summed E-state index contributed by atoms with van der Waals surface area (Å²) < 4.78 is 5.88. The zero-order chi connectivity index (χ0) is 12.1. The molecule has 1 aliphatic rings. The fourth-order valence-electron chi connectivity index (χ4n) is 2.23. The molecule has 1 heterocycles. The van der Waals surface area contributed by atoms with Gasteiger partial charge < -0.3 is 9.84 Å². The molecule has 3 nitrogen and oxygen atoms in total. The lowest BCUT2D eigenvalue weighted by atomic mass is 9.98. The highest BCUT2D eigenvalue weighted by atomic mass is 16.5. The van der Waals surface area contributed by atoms with Crippen LogP contribution in [0.1, 0.15) is 41.6 Å². The number of benzene rings is 1. The monoisotopic (exact) mass is 234 g/mol. The maximum absolute atomic E-state index is 10.7. The molecule has 0 saturated heterocycles. The molecule has 1 aliphatic heterocycles. The Balaban J connectivity index is 1.96. The lowest BCUT2D eigenvalue weighted by Crippen LogP contribution is -2.22. The van der Waals surface area contributed by atoms with Crippen LogP contribution in [0.25, 0.3) is 0 Å². The molecule has 0 aliphatic carbocycles. The normalized spacial score (nSPS) is 18.3. The molecule has 1 unspecified atom stereocenters. The van der Waals surface area contributed by atoms with Gasteiger partial charge in [0, 0.05) is 12.2 Å². The third-order valence-electron chi connectivity index (χ3n) is 3.18. The van der Waals surface area contributed by atoms with Crippen molar-refractivity contribution in [3.63, 3.8) is 0 Å². The molecule has 3 heteroatoms. The predicted octanol–water partition coefficient (Wildman–Crippen LogP) is 2.36. The van der Waals surface area contributed by atoms with Gasteiger partial charge in [-0.3, -0.25) is 4.79 Å². The molecular weight excluding hydrogens is 216 g/mol. The summed E-state index contributed by atoms with van der Waals surface area (Å²) in [4.78, 5) is 10.7. The molecule has 0 saturated carbocycles. The SMILES string of the molecule is O=Cc1ccc2c(c1)CCC(CCCCO)O2. The second-order valence-electron chi connectivity index (χ2n) is 4.48. The van der Waals surface area contributed by atoms with Crippen LogP contribution in [-0.2, 0) is 6.42 Å². The summed E-state index contributed by atoms with van der Waals surface area (Å²) in [6.45, 7) is 0.256. The number of carbonyl (C=O) groups is 1. The quantitative estimate of drug-likeness (QED) is 0.628. The van der Waals surface area contributed by atoms with E-state index in [-0.39, 0.29) is 12.7 Å². The predicted molar refractivity (Wildman–Crippen MR) is 65.5 cm³/mol. The largest absolute Gasteiger partial charge is 0.490 e. The topological polar surface area (TPSA) is 46.5 Å². The Bertz CT molecular complexity index is 387. The van der Waals surface area contributed by atoms with Crippen molar-refractivity contribution in [3.8, 4) is 5.75 Å². The Kier molecular flexibility index (Phi) is 4.15. The summed E-state index contributed by atoms with van der Waals surface area (Å²) >= 11 is 0. The lowest BCUT2D eigenvalue weighted by molar-refractivity contribution is 0.112. The fraction of sp³-hybridized carbons (Fsp3) is 0.500. The van der Waals surface area contributed by atoms with Crippen LogP contribution < -0.4 is 4.74 Å². The Labute approximate surface area is 101 Å². The fourth-order valence-corrected chi connectivity index (χ4v) is 2.23. The second kappa shape index (κ2) is 5.82. The van der Waals surface area contributed by atoms with Gasteiger partial charge in [0.1, 0.15) is 12.0 Å². The maximum Gasteiger partial charge on any atom is 0.150 e. The molecule has 0 fully saturated rings. The van der Waals surface area contributed by atoms with E-state index in [9.17, 15) is 4.79 Å². The van der Waals surface area contributed by atoms with Crippen LogP contribution in [0, 0.1) is 0 Å². The first-order valence-corrected chi connectivity index (χ1v) is 6.19. The van der Waals surface area contributed by atoms with E-state index in [0.717, 1.165) is 49.7 Å². The zero-order valence-corrected chi connectivity index (χ0v) is 9.89. The van der Waals surface area contributed by atoms with Crippen LogP contribution in [0.5, 0.6) is 5.75 Å². The number of aliphatic hydroxyl groups excluding tert-OH is 1. The van der Waals surface area contributed by atoms with E-state index in [4.69, 9.17) is 9.84 Å². The van der Waals surface area contributed by atoms with E-state index in [1.165, 1.54) is 0 Å². The number of hydrogen-bond donors (Lipinski definition) is 1. The van der Waals surface area contributed by atoms with Gasteiger partial charge in [0.2, 0.25) is 0 Å². The van der Waals surface area contributed by atoms with Gasteiger partial charge in [-0.25, -0.2) is 0 Å². The van der Waals surface area contributed by atoms with Crippen LogP contribution in [0.2, 0.25) is 0 Å². The summed E-state index contributed by atoms with van der Waals surface area (Å²) in [6, 6.07) is 5.59. The molecule has 17 heavy (non-hydrogen) atoms. The number of carbonyl (C=O) groups excluding carboxylic acids is 1. The van der Waals surface area contributed by atoms with Crippen LogP contribution in [-0.4, -0.2) is 24.1 Å². The summed E-state index contributed by atoms with van der Waals surface area (Å²) in [5, 5.41) is 8.74. The number of fused-ring (bicyclic) bond motifs is 1. The molecule has 2 rings (SSSR count). The standard InChI is InChI=1S/C14H18O3/c15-8-2-1-3-13-6-5-12-9-11(10-16)4-7-14(12)17-13/h4,7,9-10,13,15H,1-3,5-6,8H2. The molecule has 1 N–H and O–H groups in total. The molecule has 0 bridgehead atoms. The van der Waals surface area contributed by atoms with Gasteiger partial charge in [0.05, 0.1) is 6.10 Å². The van der Waals surface area contributed by atoms with Gasteiger partial charge in [0.15, 0.2) is 0 Å². The summed E-state index contributed by atoms with van der Waals surface area (Å²) in [5.41, 5.74) is 1.85. The number of rotatable bonds is 5. The van der Waals surface area contributed by atoms with E-state index in [0.29, 0.717) is 5.56 Å². The van der Waals surface area contributed by atoms with Crippen LogP contribution >= 0.6 is 0 Å². The number of aldehydes is 1. The highest BCUT2D eigenvalue weighted by Crippen LogP contribution is 2.29. The minimum atomic E-state index is 0.256. The van der Waals surface area contributed by atoms with Crippen LogP contribution in [0.3, 0.4) is 0 Å². The minimum Gasteiger partial charge on any atom is -0.490 e. The van der Waals surface area contributed by atoms with Gasteiger partial charge >= 0.3 is 0 Å². The van der Waals surface area contributed by atoms with Crippen molar-refractivity contribution in [2.45, 2.75) is 38.2 Å². The van der Waals surface area contributed by atoms with Gasteiger partial charge in [0.25, 0.3) is 0 Å². The van der Waals surface area contributed by atoms with Crippen molar-refractivity contribution in [1.82, 2.24) is 0 Å². The highest BCUT2D eigenvalue weighted by Gasteiger charge is 2.19. The summed E-state index contributed by atoms with van der Waals surface area (Å²) in [7, 11) is 0. The van der Waals surface area contributed by atoms with Crippen molar-refractivity contribution in [2.24, 2.45) is 0 Å². The average Bonchev–Trinajstić information content (AvgIpc) is 2.38. The van der Waals surface area contributed by atoms with Gasteiger partial charge in [-0.05, 0) is 55.9 Å². The zero-order valence-electron chi connectivity index (χ0n) is 9.89. The van der Waals surface area contributed by atoms with Crippen molar-refractivity contribution >= 4 is 6.29 Å². The maximum atomic E-state index is 10.7. The first kappa shape index (κ1) is 12.1. The molecule has 92 valence electrons.